The van der Waals surface area contributed by atoms with Gasteiger partial charge in [-0.05, 0) is 19.1 Å². The number of benzene rings is 1. The van der Waals surface area contributed by atoms with Gasteiger partial charge in [0.2, 0.25) is 0 Å². The van der Waals surface area contributed by atoms with Crippen LogP contribution in [0.3, 0.4) is 0 Å². The van der Waals surface area contributed by atoms with Gasteiger partial charge in [-0.15, -0.1) is 11.3 Å². The van der Waals surface area contributed by atoms with Gasteiger partial charge in [0, 0.05) is 6.61 Å². The Morgan fingerprint density at radius 2 is 2.29 bits per heavy atom. The molecule has 1 N–H and O–H groups in total. The predicted octanol–water partition coefficient (Wildman–Crippen LogP) is 2.85. The van der Waals surface area contributed by atoms with E-state index >= 15 is 0 Å². The van der Waals surface area contributed by atoms with Gasteiger partial charge in [-0.3, -0.25) is 4.79 Å². The summed E-state index contributed by atoms with van der Waals surface area (Å²) in [6.45, 7) is 2.33. The second-order valence-electron chi connectivity index (χ2n) is 3.56. The van der Waals surface area contributed by atoms with E-state index in [1.54, 1.807) is 0 Å². The average Bonchev–Trinajstić information content (AvgIpc) is 2.71. The molecule has 1 aromatic heterocycles. The van der Waals surface area contributed by atoms with E-state index in [4.69, 9.17) is 9.84 Å². The van der Waals surface area contributed by atoms with Crippen LogP contribution in [0.5, 0.6) is 0 Å². The first kappa shape index (κ1) is 12.0. The van der Waals surface area contributed by atoms with Crippen molar-refractivity contribution in [3.05, 3.63) is 29.3 Å². The molecule has 1 heterocycles. The Morgan fingerprint density at radius 1 is 1.53 bits per heavy atom. The van der Waals surface area contributed by atoms with Crippen molar-refractivity contribution in [1.82, 2.24) is 4.98 Å². The molecule has 0 saturated carbocycles. The van der Waals surface area contributed by atoms with E-state index in [-0.39, 0.29) is 6.42 Å². The average molecular weight is 251 g/mol. The van der Waals surface area contributed by atoms with Gasteiger partial charge in [0.05, 0.1) is 16.6 Å². The lowest BCUT2D eigenvalue weighted by atomic mass is 10.2. The lowest BCUT2D eigenvalue weighted by Crippen LogP contribution is -2.09. The van der Waals surface area contributed by atoms with Crippen LogP contribution in [-0.4, -0.2) is 22.7 Å². The Bertz CT molecular complexity index is 490. The fourth-order valence-corrected chi connectivity index (χ4v) is 2.62. The fraction of sp³-hybridized carbons (Fsp3) is 0.333. The Hall–Kier alpha value is -1.46. The number of aromatic nitrogens is 1. The Labute approximate surface area is 103 Å². The van der Waals surface area contributed by atoms with Gasteiger partial charge in [0.1, 0.15) is 11.1 Å². The Balaban J connectivity index is 2.31. The van der Waals surface area contributed by atoms with Gasteiger partial charge in [-0.2, -0.15) is 0 Å². The van der Waals surface area contributed by atoms with Crippen molar-refractivity contribution in [1.29, 1.82) is 0 Å². The highest BCUT2D eigenvalue weighted by Crippen LogP contribution is 2.30. The standard InChI is InChI=1S/C12H13NO3S/c1-2-16-9(7-11(14)15)12-13-8-5-3-4-6-10(8)17-12/h3-6,9H,2,7H2,1H3,(H,14,15)/t9-/m0/s1. The lowest BCUT2D eigenvalue weighted by Gasteiger charge is -2.11. The normalized spacial score (nSPS) is 12.8. The minimum absolute atomic E-state index is 0.0480. The summed E-state index contributed by atoms with van der Waals surface area (Å²) in [7, 11) is 0. The molecule has 1 atom stereocenters. The lowest BCUT2D eigenvalue weighted by molar-refractivity contribution is -0.140. The summed E-state index contributed by atoms with van der Waals surface area (Å²) in [6.07, 6.45) is -0.497. The van der Waals surface area contributed by atoms with Crippen LogP contribution in [0, 0.1) is 0 Å². The van der Waals surface area contributed by atoms with Crippen LogP contribution in [0.15, 0.2) is 24.3 Å². The maximum absolute atomic E-state index is 10.8. The number of hydrogen-bond donors (Lipinski definition) is 1. The first-order valence-corrected chi connectivity index (χ1v) is 6.21. The van der Waals surface area contributed by atoms with Gasteiger partial charge < -0.3 is 9.84 Å². The highest BCUT2D eigenvalue weighted by atomic mass is 32.1. The van der Waals surface area contributed by atoms with E-state index in [0.717, 1.165) is 15.2 Å². The SMILES string of the molecule is CCO[C@@H](CC(=O)O)c1nc2ccccc2s1. The smallest absolute Gasteiger partial charge is 0.306 e. The largest absolute Gasteiger partial charge is 0.481 e. The molecular formula is C12H13NO3S. The second-order valence-corrected chi connectivity index (χ2v) is 4.62. The maximum Gasteiger partial charge on any atom is 0.306 e. The summed E-state index contributed by atoms with van der Waals surface area (Å²) < 4.78 is 6.49. The molecule has 17 heavy (non-hydrogen) atoms. The van der Waals surface area contributed by atoms with Gasteiger partial charge in [0.15, 0.2) is 0 Å². The third-order valence-electron chi connectivity index (χ3n) is 2.31. The number of fused-ring (bicyclic) bond motifs is 1. The molecule has 90 valence electrons. The van der Waals surface area contributed by atoms with Crippen LogP contribution in [0.4, 0.5) is 0 Å². The van der Waals surface area contributed by atoms with Crippen LogP contribution >= 0.6 is 11.3 Å². The number of nitrogens with zero attached hydrogens (tertiary/aromatic N) is 1. The number of carboxylic acid groups (broad SMARTS) is 1. The van der Waals surface area contributed by atoms with Gasteiger partial charge in [-0.1, -0.05) is 12.1 Å². The van der Waals surface area contributed by atoms with Gasteiger partial charge >= 0.3 is 5.97 Å². The molecule has 2 aromatic rings. The van der Waals surface area contributed by atoms with Crippen molar-refractivity contribution in [3.8, 4) is 0 Å². The van der Waals surface area contributed by atoms with E-state index in [0.29, 0.717) is 6.61 Å². The highest BCUT2D eigenvalue weighted by Gasteiger charge is 2.19. The molecule has 4 nitrogen and oxygen atoms in total. The quantitative estimate of drug-likeness (QED) is 0.887. The van der Waals surface area contributed by atoms with E-state index in [1.165, 1.54) is 11.3 Å². The number of rotatable bonds is 5. The fourth-order valence-electron chi connectivity index (χ4n) is 1.61. The Kier molecular flexibility index (Phi) is 3.71. The minimum Gasteiger partial charge on any atom is -0.481 e. The third kappa shape index (κ3) is 2.81. The molecule has 0 aliphatic carbocycles. The first-order valence-electron chi connectivity index (χ1n) is 5.39. The molecule has 0 unspecified atom stereocenters. The van der Waals surface area contributed by atoms with Crippen LogP contribution < -0.4 is 0 Å². The van der Waals surface area contributed by atoms with E-state index in [2.05, 4.69) is 4.98 Å². The highest BCUT2D eigenvalue weighted by molar-refractivity contribution is 7.18. The predicted molar refractivity (Wildman–Crippen MR) is 66.2 cm³/mol. The Morgan fingerprint density at radius 3 is 2.94 bits per heavy atom. The van der Waals surface area contributed by atoms with E-state index in [9.17, 15) is 4.79 Å². The van der Waals surface area contributed by atoms with Crippen molar-refractivity contribution in [2.75, 3.05) is 6.61 Å². The van der Waals surface area contributed by atoms with Crippen molar-refractivity contribution in [2.45, 2.75) is 19.4 Å². The molecule has 5 heteroatoms. The van der Waals surface area contributed by atoms with Gasteiger partial charge in [0.25, 0.3) is 0 Å². The molecule has 0 radical (unpaired) electrons. The van der Waals surface area contributed by atoms with Crippen LogP contribution in [0.2, 0.25) is 0 Å². The molecule has 0 bridgehead atoms. The number of aliphatic carboxylic acids is 1. The van der Waals surface area contributed by atoms with E-state index < -0.39 is 12.1 Å². The molecule has 0 aliphatic rings. The second kappa shape index (κ2) is 5.25. The molecule has 0 fully saturated rings. The number of carboxylic acids is 1. The molecule has 2 rings (SSSR count). The number of ether oxygens (including phenoxy) is 1. The third-order valence-corrected chi connectivity index (χ3v) is 3.44. The monoisotopic (exact) mass is 251 g/mol. The minimum atomic E-state index is -0.872. The molecule has 1 aromatic carbocycles. The number of thiazole rings is 1. The maximum atomic E-state index is 10.8. The molecule has 0 spiro atoms. The zero-order valence-corrected chi connectivity index (χ0v) is 10.2. The van der Waals surface area contributed by atoms with Crippen molar-refractivity contribution >= 4 is 27.5 Å². The van der Waals surface area contributed by atoms with Gasteiger partial charge in [-0.25, -0.2) is 4.98 Å². The summed E-state index contributed by atoms with van der Waals surface area (Å²) in [6, 6.07) is 7.75. The summed E-state index contributed by atoms with van der Waals surface area (Å²) in [4.78, 5) is 15.2. The first-order chi connectivity index (χ1) is 8.20. The number of carbonyl (C=O) groups is 1. The van der Waals surface area contributed by atoms with Crippen molar-refractivity contribution in [2.24, 2.45) is 0 Å². The topological polar surface area (TPSA) is 59.4 Å². The summed E-state index contributed by atoms with van der Waals surface area (Å²) in [5, 5.41) is 9.58. The van der Waals surface area contributed by atoms with Crippen LogP contribution in [0.1, 0.15) is 24.5 Å². The molecular weight excluding hydrogens is 238 g/mol. The van der Waals surface area contributed by atoms with Crippen LogP contribution in [-0.2, 0) is 9.53 Å². The van der Waals surface area contributed by atoms with Crippen molar-refractivity contribution < 1.29 is 14.6 Å². The van der Waals surface area contributed by atoms with Crippen molar-refractivity contribution in [3.63, 3.8) is 0 Å². The summed E-state index contributed by atoms with van der Waals surface area (Å²) >= 11 is 1.49. The number of hydrogen-bond acceptors (Lipinski definition) is 4. The molecule has 0 saturated heterocycles. The number of para-hydroxylation sites is 1. The summed E-state index contributed by atoms with van der Waals surface area (Å²) in [5.74, 6) is -0.872. The van der Waals surface area contributed by atoms with Crippen LogP contribution in [0.25, 0.3) is 10.2 Å². The zero-order valence-electron chi connectivity index (χ0n) is 9.42. The molecule has 0 aliphatic heterocycles. The van der Waals surface area contributed by atoms with E-state index in [1.807, 2.05) is 31.2 Å². The molecule has 0 amide bonds. The summed E-state index contributed by atoms with van der Waals surface area (Å²) in [5.41, 5.74) is 0.891. The zero-order chi connectivity index (χ0) is 12.3.